The van der Waals surface area contributed by atoms with E-state index in [1.807, 2.05) is 25.2 Å². The van der Waals surface area contributed by atoms with Crippen molar-refractivity contribution in [2.75, 3.05) is 13.6 Å². The second kappa shape index (κ2) is 8.63. The molecule has 156 valence electrons. The van der Waals surface area contributed by atoms with Crippen LogP contribution in [0.4, 0.5) is 0 Å². The van der Waals surface area contributed by atoms with Crippen LogP contribution in [0.25, 0.3) is 0 Å². The number of carbonyl (C=O) groups excluding carboxylic acids is 3. The lowest BCUT2D eigenvalue weighted by molar-refractivity contribution is -0.136. The number of amides is 3. The van der Waals surface area contributed by atoms with Crippen LogP contribution in [0, 0.1) is 5.92 Å². The van der Waals surface area contributed by atoms with Gasteiger partial charge in [-0.05, 0) is 62.7 Å². The number of imide groups is 1. The Morgan fingerprint density at radius 1 is 1.10 bits per heavy atom. The summed E-state index contributed by atoms with van der Waals surface area (Å²) >= 11 is 0. The Kier molecular flexibility index (Phi) is 5.96. The molecule has 0 spiro atoms. The number of hydrogen-bond donors (Lipinski definition) is 3. The molecule has 1 saturated heterocycles. The van der Waals surface area contributed by atoms with Gasteiger partial charge in [0.15, 0.2) is 0 Å². The van der Waals surface area contributed by atoms with E-state index in [-0.39, 0.29) is 24.1 Å². The van der Waals surface area contributed by atoms with Crippen LogP contribution < -0.4 is 16.0 Å². The third kappa shape index (κ3) is 4.21. The van der Waals surface area contributed by atoms with Gasteiger partial charge in [0.2, 0.25) is 11.8 Å². The Hall–Kier alpha value is -2.25. The molecule has 3 amide bonds. The van der Waals surface area contributed by atoms with Crippen LogP contribution in [-0.4, -0.2) is 48.3 Å². The molecule has 2 heterocycles. The first-order valence-corrected chi connectivity index (χ1v) is 10.7. The first-order valence-electron chi connectivity index (χ1n) is 10.7. The third-order valence-electron chi connectivity index (χ3n) is 6.64. The molecule has 7 heteroatoms. The van der Waals surface area contributed by atoms with Gasteiger partial charge in [-0.2, -0.15) is 0 Å². The summed E-state index contributed by atoms with van der Waals surface area (Å²) in [5.41, 5.74) is 2.68. The minimum absolute atomic E-state index is 0.0959. The molecule has 1 aliphatic carbocycles. The van der Waals surface area contributed by atoms with Crippen LogP contribution in [-0.2, 0) is 22.7 Å². The van der Waals surface area contributed by atoms with E-state index >= 15 is 0 Å². The maximum absolute atomic E-state index is 13.1. The zero-order chi connectivity index (χ0) is 20.4. The van der Waals surface area contributed by atoms with E-state index < -0.39 is 6.04 Å². The van der Waals surface area contributed by atoms with Crippen molar-refractivity contribution >= 4 is 17.7 Å². The molecule has 1 saturated carbocycles. The molecular formula is C22H30N4O3. The molecule has 4 rings (SSSR count). The average Bonchev–Trinajstić information content (AvgIpc) is 3.06. The lowest BCUT2D eigenvalue weighted by Gasteiger charge is -2.29. The molecule has 2 fully saturated rings. The number of nitrogens with one attached hydrogen (secondary N) is 3. The van der Waals surface area contributed by atoms with Crippen LogP contribution in [0.3, 0.4) is 0 Å². The van der Waals surface area contributed by atoms with Gasteiger partial charge in [-0.1, -0.05) is 18.2 Å². The first kappa shape index (κ1) is 20.0. The highest BCUT2D eigenvalue weighted by molar-refractivity contribution is 6.05. The molecule has 3 aliphatic rings. The van der Waals surface area contributed by atoms with E-state index in [9.17, 15) is 14.4 Å². The van der Waals surface area contributed by atoms with Gasteiger partial charge in [0.25, 0.3) is 5.91 Å². The molecular weight excluding hydrogens is 368 g/mol. The Balaban J connectivity index is 1.37. The zero-order valence-electron chi connectivity index (χ0n) is 17.0. The lowest BCUT2D eigenvalue weighted by atomic mass is 9.86. The zero-order valence-corrected chi connectivity index (χ0v) is 17.0. The van der Waals surface area contributed by atoms with Crippen LogP contribution in [0.5, 0.6) is 0 Å². The summed E-state index contributed by atoms with van der Waals surface area (Å²) < 4.78 is 0. The Labute approximate surface area is 171 Å². The quantitative estimate of drug-likeness (QED) is 0.629. The molecule has 3 N–H and O–H groups in total. The van der Waals surface area contributed by atoms with E-state index in [2.05, 4.69) is 16.0 Å². The van der Waals surface area contributed by atoms with Crippen molar-refractivity contribution < 1.29 is 14.4 Å². The Morgan fingerprint density at radius 3 is 2.62 bits per heavy atom. The number of hydrogen-bond acceptors (Lipinski definition) is 5. The van der Waals surface area contributed by atoms with Crippen LogP contribution in [0.1, 0.15) is 60.0 Å². The van der Waals surface area contributed by atoms with E-state index in [1.54, 1.807) is 4.90 Å². The number of fused-ring (bicyclic) bond motifs is 1. The largest absolute Gasteiger partial charge is 0.322 e. The first-order chi connectivity index (χ1) is 14.1. The summed E-state index contributed by atoms with van der Waals surface area (Å²) in [7, 11) is 2.04. The summed E-state index contributed by atoms with van der Waals surface area (Å²) in [5.74, 6) is -0.0308. The average molecular weight is 399 g/mol. The van der Waals surface area contributed by atoms with E-state index in [1.165, 1.54) is 25.7 Å². The molecule has 1 unspecified atom stereocenters. The van der Waals surface area contributed by atoms with Crippen LogP contribution in [0.15, 0.2) is 18.2 Å². The molecule has 29 heavy (non-hydrogen) atoms. The molecule has 0 bridgehead atoms. The number of rotatable bonds is 6. The highest BCUT2D eigenvalue weighted by Crippen LogP contribution is 2.30. The van der Waals surface area contributed by atoms with Crippen molar-refractivity contribution in [3.8, 4) is 0 Å². The van der Waals surface area contributed by atoms with Crippen molar-refractivity contribution in [1.29, 1.82) is 0 Å². The van der Waals surface area contributed by atoms with Crippen molar-refractivity contribution in [2.45, 2.75) is 63.7 Å². The Morgan fingerprint density at radius 2 is 1.90 bits per heavy atom. The van der Waals surface area contributed by atoms with Crippen LogP contribution in [0.2, 0.25) is 0 Å². The summed E-state index contributed by atoms with van der Waals surface area (Å²) in [6, 6.07) is 6.03. The second-order valence-electron chi connectivity index (χ2n) is 8.49. The minimum atomic E-state index is -0.559. The van der Waals surface area contributed by atoms with Gasteiger partial charge in [-0.15, -0.1) is 0 Å². The maximum atomic E-state index is 13.1. The SMILES string of the molecule is CNC1CCC(CNCc2cccc3c2C(=O)N(C2CCC(=O)NC2=O)C3)CC1. The van der Waals surface area contributed by atoms with Gasteiger partial charge in [-0.25, -0.2) is 0 Å². The van der Waals surface area contributed by atoms with Gasteiger partial charge < -0.3 is 15.5 Å². The highest BCUT2D eigenvalue weighted by Gasteiger charge is 2.39. The molecule has 7 nitrogen and oxygen atoms in total. The number of carbonyl (C=O) groups is 3. The highest BCUT2D eigenvalue weighted by atomic mass is 16.2. The number of piperidine rings is 1. The van der Waals surface area contributed by atoms with Crippen LogP contribution >= 0.6 is 0 Å². The summed E-state index contributed by atoms with van der Waals surface area (Å²) in [4.78, 5) is 38.4. The minimum Gasteiger partial charge on any atom is -0.322 e. The fourth-order valence-corrected chi connectivity index (χ4v) is 4.90. The summed E-state index contributed by atoms with van der Waals surface area (Å²) in [5, 5.41) is 9.27. The fourth-order valence-electron chi connectivity index (χ4n) is 4.90. The standard InChI is InChI=1S/C22H30N4O3/c1-23-17-7-5-14(6-8-17)11-24-12-15-3-2-4-16-13-26(22(29)20(15)16)18-9-10-19(27)25-21(18)28/h2-4,14,17-18,23-24H,5-13H2,1H3,(H,25,27,28). The smallest absolute Gasteiger partial charge is 0.255 e. The van der Waals surface area contributed by atoms with Crippen molar-refractivity contribution in [1.82, 2.24) is 20.9 Å². The molecule has 0 radical (unpaired) electrons. The molecule has 1 aromatic rings. The predicted molar refractivity (Wildman–Crippen MR) is 109 cm³/mol. The topological polar surface area (TPSA) is 90.5 Å². The van der Waals surface area contributed by atoms with Gasteiger partial charge >= 0.3 is 0 Å². The van der Waals surface area contributed by atoms with Gasteiger partial charge in [0.1, 0.15) is 6.04 Å². The van der Waals surface area contributed by atoms with Crippen molar-refractivity contribution in [2.24, 2.45) is 5.92 Å². The monoisotopic (exact) mass is 398 g/mol. The number of nitrogens with zero attached hydrogens (tertiary/aromatic N) is 1. The molecule has 1 aromatic carbocycles. The van der Waals surface area contributed by atoms with E-state index in [4.69, 9.17) is 0 Å². The summed E-state index contributed by atoms with van der Waals surface area (Å²) in [6.07, 6.45) is 5.58. The van der Waals surface area contributed by atoms with E-state index in [0.717, 1.165) is 23.2 Å². The normalized spacial score (nSPS) is 27.1. The third-order valence-corrected chi connectivity index (χ3v) is 6.64. The Bertz CT molecular complexity index is 801. The van der Waals surface area contributed by atoms with E-state index in [0.29, 0.717) is 31.5 Å². The molecule has 0 aromatic heterocycles. The fraction of sp³-hybridized carbons (Fsp3) is 0.591. The molecule has 2 aliphatic heterocycles. The summed E-state index contributed by atoms with van der Waals surface area (Å²) in [6.45, 7) is 2.05. The lowest BCUT2D eigenvalue weighted by Crippen LogP contribution is -2.52. The van der Waals surface area contributed by atoms with Crippen molar-refractivity contribution in [3.63, 3.8) is 0 Å². The predicted octanol–water partition coefficient (Wildman–Crippen LogP) is 1.32. The van der Waals surface area contributed by atoms with Crippen molar-refractivity contribution in [3.05, 3.63) is 34.9 Å². The number of benzene rings is 1. The van der Waals surface area contributed by atoms with Gasteiger partial charge in [-0.3, -0.25) is 19.7 Å². The maximum Gasteiger partial charge on any atom is 0.255 e. The van der Waals surface area contributed by atoms with Gasteiger partial charge in [0, 0.05) is 31.1 Å². The molecule has 1 atom stereocenters. The van der Waals surface area contributed by atoms with Gasteiger partial charge in [0.05, 0.1) is 0 Å². The second-order valence-corrected chi connectivity index (χ2v) is 8.49.